The summed E-state index contributed by atoms with van der Waals surface area (Å²) in [7, 11) is 1.56. The van der Waals surface area contributed by atoms with Crippen LogP contribution in [0.25, 0.3) is 0 Å². The van der Waals surface area contributed by atoms with E-state index in [9.17, 15) is 4.79 Å². The summed E-state index contributed by atoms with van der Waals surface area (Å²) in [5.41, 5.74) is 0.990. The Bertz CT molecular complexity index is 355. The Labute approximate surface area is 96.7 Å². The van der Waals surface area contributed by atoms with Crippen LogP contribution in [0.5, 0.6) is 5.88 Å². The van der Waals surface area contributed by atoms with Gasteiger partial charge < -0.3 is 9.47 Å². The number of pyridine rings is 1. The van der Waals surface area contributed by atoms with Gasteiger partial charge in [0.1, 0.15) is 0 Å². The maximum atomic E-state index is 10.5. The Hall–Kier alpha value is -1.10. The Morgan fingerprint density at radius 3 is 2.87 bits per heavy atom. The Morgan fingerprint density at radius 1 is 1.60 bits per heavy atom. The van der Waals surface area contributed by atoms with E-state index < -0.39 is 0 Å². The predicted octanol–water partition coefficient (Wildman–Crippen LogP) is 1.96. The zero-order valence-electron chi connectivity index (χ0n) is 8.62. The second-order valence-electron chi connectivity index (χ2n) is 2.92. The van der Waals surface area contributed by atoms with Gasteiger partial charge in [0.25, 0.3) is 0 Å². The molecule has 82 valence electrons. The highest BCUT2D eigenvalue weighted by Gasteiger charge is 2.03. The number of rotatable bonds is 4. The number of ether oxygens (including phenoxy) is 2. The highest BCUT2D eigenvalue weighted by molar-refractivity contribution is 9.10. The van der Waals surface area contributed by atoms with Crippen molar-refractivity contribution in [3.63, 3.8) is 0 Å². The van der Waals surface area contributed by atoms with Gasteiger partial charge in [-0.3, -0.25) is 4.79 Å². The minimum Gasteiger partial charge on any atom is -0.480 e. The third-order valence-electron chi connectivity index (χ3n) is 1.75. The molecule has 0 atom stereocenters. The first kappa shape index (κ1) is 12.0. The Balaban J connectivity index is 2.55. The molecular formula is C10H12BrNO3. The molecule has 0 spiro atoms. The van der Waals surface area contributed by atoms with Crippen molar-refractivity contribution in [3.8, 4) is 5.88 Å². The van der Waals surface area contributed by atoms with Gasteiger partial charge in [0.2, 0.25) is 5.88 Å². The van der Waals surface area contributed by atoms with Gasteiger partial charge in [-0.1, -0.05) is 0 Å². The fourth-order valence-corrected chi connectivity index (χ4v) is 1.62. The SMILES string of the molecule is COc1ncc(CCOC(C)=O)cc1Br. The summed E-state index contributed by atoms with van der Waals surface area (Å²) < 4.78 is 10.6. The lowest BCUT2D eigenvalue weighted by Crippen LogP contribution is -2.03. The number of aromatic nitrogens is 1. The minimum absolute atomic E-state index is 0.268. The van der Waals surface area contributed by atoms with Crippen LogP contribution >= 0.6 is 15.9 Å². The summed E-state index contributed by atoms with van der Waals surface area (Å²) in [4.78, 5) is 14.6. The van der Waals surface area contributed by atoms with Crippen molar-refractivity contribution in [2.45, 2.75) is 13.3 Å². The monoisotopic (exact) mass is 273 g/mol. The van der Waals surface area contributed by atoms with Crippen molar-refractivity contribution in [1.29, 1.82) is 0 Å². The highest BCUT2D eigenvalue weighted by atomic mass is 79.9. The van der Waals surface area contributed by atoms with Crippen molar-refractivity contribution < 1.29 is 14.3 Å². The number of esters is 1. The third kappa shape index (κ3) is 3.87. The van der Waals surface area contributed by atoms with Crippen LogP contribution in [-0.2, 0) is 16.0 Å². The summed E-state index contributed by atoms with van der Waals surface area (Å²) >= 11 is 3.33. The molecule has 0 unspecified atom stereocenters. The standard InChI is InChI=1S/C10H12BrNO3/c1-7(13)15-4-3-8-5-9(11)10(14-2)12-6-8/h5-6H,3-4H2,1-2H3. The first-order chi connectivity index (χ1) is 7.13. The second-order valence-corrected chi connectivity index (χ2v) is 3.78. The number of halogens is 1. The molecule has 1 rings (SSSR count). The average molecular weight is 274 g/mol. The largest absolute Gasteiger partial charge is 0.480 e. The first-order valence-corrected chi connectivity index (χ1v) is 5.24. The van der Waals surface area contributed by atoms with E-state index in [0.717, 1.165) is 10.0 Å². The van der Waals surface area contributed by atoms with Crippen molar-refractivity contribution in [2.24, 2.45) is 0 Å². The fraction of sp³-hybridized carbons (Fsp3) is 0.400. The lowest BCUT2D eigenvalue weighted by Gasteiger charge is -2.05. The molecule has 4 nitrogen and oxygen atoms in total. The van der Waals surface area contributed by atoms with Crippen LogP contribution in [0.4, 0.5) is 0 Å². The van der Waals surface area contributed by atoms with E-state index in [1.807, 2.05) is 6.07 Å². The predicted molar refractivity (Wildman–Crippen MR) is 58.8 cm³/mol. The maximum absolute atomic E-state index is 10.5. The lowest BCUT2D eigenvalue weighted by atomic mass is 10.2. The van der Waals surface area contributed by atoms with Gasteiger partial charge in [-0.05, 0) is 27.6 Å². The minimum atomic E-state index is -0.268. The van der Waals surface area contributed by atoms with Crippen molar-refractivity contribution >= 4 is 21.9 Å². The van der Waals surface area contributed by atoms with E-state index in [1.54, 1.807) is 13.3 Å². The van der Waals surface area contributed by atoms with Crippen LogP contribution in [-0.4, -0.2) is 24.7 Å². The molecule has 1 aromatic rings. The molecule has 0 bridgehead atoms. The first-order valence-electron chi connectivity index (χ1n) is 4.45. The molecule has 0 fully saturated rings. The summed E-state index contributed by atoms with van der Waals surface area (Å²) in [6.45, 7) is 1.76. The molecule has 0 aliphatic rings. The van der Waals surface area contributed by atoms with E-state index in [-0.39, 0.29) is 5.97 Å². The Kier molecular flexibility index (Phi) is 4.55. The number of hydrogen-bond donors (Lipinski definition) is 0. The van der Waals surface area contributed by atoms with Gasteiger partial charge in [-0.15, -0.1) is 0 Å². The number of methoxy groups -OCH3 is 1. The molecule has 0 amide bonds. The van der Waals surface area contributed by atoms with Gasteiger partial charge >= 0.3 is 5.97 Å². The van der Waals surface area contributed by atoms with Crippen molar-refractivity contribution in [3.05, 3.63) is 22.3 Å². The second kappa shape index (κ2) is 5.70. The Morgan fingerprint density at radius 2 is 2.33 bits per heavy atom. The van der Waals surface area contributed by atoms with Crippen LogP contribution in [0.3, 0.4) is 0 Å². The zero-order chi connectivity index (χ0) is 11.3. The number of carbonyl (C=O) groups excluding carboxylic acids is 1. The molecule has 1 heterocycles. The van der Waals surface area contributed by atoms with Crippen LogP contribution in [0.15, 0.2) is 16.7 Å². The molecule has 0 aliphatic heterocycles. The highest BCUT2D eigenvalue weighted by Crippen LogP contribution is 2.22. The van der Waals surface area contributed by atoms with E-state index in [4.69, 9.17) is 9.47 Å². The van der Waals surface area contributed by atoms with E-state index >= 15 is 0 Å². The average Bonchev–Trinajstić information content (AvgIpc) is 2.17. The van der Waals surface area contributed by atoms with Crippen molar-refractivity contribution in [1.82, 2.24) is 4.98 Å². The summed E-state index contributed by atoms with van der Waals surface area (Å²) in [6.07, 6.45) is 2.35. The molecule has 0 radical (unpaired) electrons. The molecule has 0 saturated carbocycles. The van der Waals surface area contributed by atoms with E-state index in [1.165, 1.54) is 6.92 Å². The van der Waals surface area contributed by atoms with Gasteiger partial charge in [0.15, 0.2) is 0 Å². The maximum Gasteiger partial charge on any atom is 0.302 e. The smallest absolute Gasteiger partial charge is 0.302 e. The quantitative estimate of drug-likeness (QED) is 0.787. The topological polar surface area (TPSA) is 48.4 Å². The van der Waals surface area contributed by atoms with Crippen LogP contribution < -0.4 is 4.74 Å². The number of nitrogens with zero attached hydrogens (tertiary/aromatic N) is 1. The molecular weight excluding hydrogens is 262 g/mol. The van der Waals surface area contributed by atoms with Gasteiger partial charge in [0.05, 0.1) is 18.2 Å². The molecule has 0 saturated heterocycles. The summed E-state index contributed by atoms with van der Waals surface area (Å²) in [5.74, 6) is 0.279. The van der Waals surface area contributed by atoms with E-state index in [2.05, 4.69) is 20.9 Å². The van der Waals surface area contributed by atoms with Gasteiger partial charge in [0, 0.05) is 19.5 Å². The molecule has 0 aliphatic carbocycles. The summed E-state index contributed by atoms with van der Waals surface area (Å²) in [6, 6.07) is 1.90. The summed E-state index contributed by atoms with van der Waals surface area (Å²) in [5, 5.41) is 0. The number of carbonyl (C=O) groups is 1. The van der Waals surface area contributed by atoms with E-state index in [0.29, 0.717) is 18.9 Å². The van der Waals surface area contributed by atoms with Crippen LogP contribution in [0.2, 0.25) is 0 Å². The molecule has 1 aromatic heterocycles. The normalized spacial score (nSPS) is 9.80. The van der Waals surface area contributed by atoms with Crippen LogP contribution in [0, 0.1) is 0 Å². The van der Waals surface area contributed by atoms with Gasteiger partial charge in [-0.25, -0.2) is 4.98 Å². The van der Waals surface area contributed by atoms with Crippen molar-refractivity contribution in [2.75, 3.05) is 13.7 Å². The van der Waals surface area contributed by atoms with Crippen LogP contribution in [0.1, 0.15) is 12.5 Å². The molecule has 0 N–H and O–H groups in total. The fourth-order valence-electron chi connectivity index (χ4n) is 1.06. The lowest BCUT2D eigenvalue weighted by molar-refractivity contribution is -0.140. The molecule has 15 heavy (non-hydrogen) atoms. The zero-order valence-corrected chi connectivity index (χ0v) is 10.2. The third-order valence-corrected chi connectivity index (χ3v) is 2.32. The van der Waals surface area contributed by atoms with Gasteiger partial charge in [-0.2, -0.15) is 0 Å². The molecule has 0 aromatic carbocycles. The number of hydrogen-bond acceptors (Lipinski definition) is 4. The molecule has 5 heteroatoms.